The van der Waals surface area contributed by atoms with Crippen molar-refractivity contribution in [1.29, 1.82) is 0 Å². The molecule has 3 heteroatoms. The van der Waals surface area contributed by atoms with Crippen molar-refractivity contribution in [2.75, 3.05) is 6.54 Å². The first-order chi connectivity index (χ1) is 6.07. The summed E-state index contributed by atoms with van der Waals surface area (Å²) in [5.41, 5.74) is 0.399. The van der Waals surface area contributed by atoms with E-state index in [1.165, 1.54) is 0 Å². The first kappa shape index (κ1) is 12.2. The second-order valence-electron chi connectivity index (χ2n) is 3.29. The largest absolute Gasteiger partial charge is 0.478 e. The maximum atomic E-state index is 10.4. The van der Waals surface area contributed by atoms with Crippen LogP contribution in [0, 0.1) is 0 Å². The zero-order chi connectivity index (χ0) is 10.3. The van der Waals surface area contributed by atoms with Crippen LogP contribution >= 0.6 is 0 Å². The lowest BCUT2D eigenvalue weighted by atomic mass is 10.2. The molecule has 0 spiro atoms. The first-order valence-electron chi connectivity index (χ1n) is 4.71. The van der Waals surface area contributed by atoms with Gasteiger partial charge in [0.05, 0.1) is 0 Å². The average molecular weight is 185 g/mol. The molecule has 0 aliphatic heterocycles. The fourth-order valence-corrected chi connectivity index (χ4v) is 1.04. The molecule has 0 fully saturated rings. The molecule has 1 unspecified atom stereocenters. The minimum atomic E-state index is -0.843. The van der Waals surface area contributed by atoms with Gasteiger partial charge in [-0.15, -0.1) is 0 Å². The molecule has 0 radical (unpaired) electrons. The third-order valence-corrected chi connectivity index (χ3v) is 1.93. The molecule has 1 atom stereocenters. The van der Waals surface area contributed by atoms with Gasteiger partial charge in [-0.1, -0.05) is 19.4 Å². The number of carboxylic acids is 1. The van der Waals surface area contributed by atoms with E-state index in [2.05, 4.69) is 19.2 Å². The predicted octanol–water partition coefficient (Wildman–Crippen LogP) is 1.80. The lowest BCUT2D eigenvalue weighted by Gasteiger charge is -2.10. The van der Waals surface area contributed by atoms with Crippen LogP contribution in [0.3, 0.4) is 0 Å². The predicted molar refractivity (Wildman–Crippen MR) is 53.8 cm³/mol. The van der Waals surface area contributed by atoms with E-state index >= 15 is 0 Å². The Hall–Kier alpha value is -0.830. The first-order valence-corrected chi connectivity index (χ1v) is 4.71. The van der Waals surface area contributed by atoms with E-state index in [1.54, 1.807) is 13.0 Å². The Balaban J connectivity index is 3.65. The van der Waals surface area contributed by atoms with Crippen LogP contribution in [0.5, 0.6) is 0 Å². The Bertz CT molecular complexity index is 187. The molecular weight excluding hydrogens is 166 g/mol. The number of hydrogen-bond donors (Lipinski definition) is 2. The van der Waals surface area contributed by atoms with Crippen LogP contribution in [-0.2, 0) is 4.79 Å². The highest BCUT2D eigenvalue weighted by atomic mass is 16.4. The van der Waals surface area contributed by atoms with E-state index in [4.69, 9.17) is 5.11 Å². The summed E-state index contributed by atoms with van der Waals surface area (Å²) in [6, 6.07) is 0.461. The number of carboxylic acid groups (broad SMARTS) is 1. The summed E-state index contributed by atoms with van der Waals surface area (Å²) >= 11 is 0. The summed E-state index contributed by atoms with van der Waals surface area (Å²) in [6.45, 7) is 6.48. The normalized spacial score (nSPS) is 14.2. The highest BCUT2D eigenvalue weighted by Gasteiger charge is 2.00. The SMILES string of the molecule is CCCC(C)NC/C=C(/C)C(=O)O. The number of hydrogen-bond acceptors (Lipinski definition) is 2. The standard InChI is InChI=1S/C10H19NO2/c1-4-5-9(3)11-7-6-8(2)10(12)13/h6,9,11H,4-5,7H2,1-3H3,(H,12,13)/b8-6-. The minimum Gasteiger partial charge on any atom is -0.478 e. The molecule has 0 aromatic rings. The summed E-state index contributed by atoms with van der Waals surface area (Å²) in [4.78, 5) is 10.4. The Labute approximate surface area is 79.8 Å². The second-order valence-corrected chi connectivity index (χ2v) is 3.29. The highest BCUT2D eigenvalue weighted by Crippen LogP contribution is 1.95. The Kier molecular flexibility index (Phi) is 6.24. The van der Waals surface area contributed by atoms with Gasteiger partial charge in [-0.25, -0.2) is 4.79 Å². The number of nitrogens with one attached hydrogen (secondary N) is 1. The number of rotatable bonds is 6. The van der Waals surface area contributed by atoms with Crippen LogP contribution in [0.1, 0.15) is 33.6 Å². The quantitative estimate of drug-likeness (QED) is 0.620. The van der Waals surface area contributed by atoms with E-state index in [1.807, 2.05) is 0 Å². The van der Waals surface area contributed by atoms with E-state index in [-0.39, 0.29) is 0 Å². The summed E-state index contributed by atoms with van der Waals surface area (Å²) < 4.78 is 0. The van der Waals surface area contributed by atoms with Crippen molar-refractivity contribution in [2.45, 2.75) is 39.7 Å². The molecule has 2 N–H and O–H groups in total. The van der Waals surface area contributed by atoms with E-state index in [0.29, 0.717) is 18.2 Å². The van der Waals surface area contributed by atoms with Gasteiger partial charge < -0.3 is 10.4 Å². The summed E-state index contributed by atoms with van der Waals surface area (Å²) in [5, 5.41) is 11.8. The summed E-state index contributed by atoms with van der Waals surface area (Å²) in [5.74, 6) is -0.843. The van der Waals surface area contributed by atoms with Crippen LogP contribution in [-0.4, -0.2) is 23.7 Å². The molecule has 3 nitrogen and oxygen atoms in total. The lowest BCUT2D eigenvalue weighted by molar-refractivity contribution is -0.132. The van der Waals surface area contributed by atoms with Gasteiger partial charge in [0.1, 0.15) is 0 Å². The van der Waals surface area contributed by atoms with Crippen LogP contribution < -0.4 is 5.32 Å². The van der Waals surface area contributed by atoms with Crippen LogP contribution in [0.4, 0.5) is 0 Å². The smallest absolute Gasteiger partial charge is 0.330 e. The molecule has 0 amide bonds. The Morgan fingerprint density at radius 2 is 2.23 bits per heavy atom. The van der Waals surface area contributed by atoms with Gasteiger partial charge >= 0.3 is 5.97 Å². The van der Waals surface area contributed by atoms with Crippen molar-refractivity contribution < 1.29 is 9.90 Å². The third-order valence-electron chi connectivity index (χ3n) is 1.93. The molecule has 0 bridgehead atoms. The van der Waals surface area contributed by atoms with Crippen molar-refractivity contribution in [3.05, 3.63) is 11.6 Å². The zero-order valence-corrected chi connectivity index (χ0v) is 8.63. The molecular formula is C10H19NO2. The van der Waals surface area contributed by atoms with Gasteiger partial charge in [0.15, 0.2) is 0 Å². The molecule has 0 aromatic heterocycles. The van der Waals surface area contributed by atoms with Gasteiger partial charge in [-0.2, -0.15) is 0 Å². The monoisotopic (exact) mass is 185 g/mol. The Morgan fingerprint density at radius 1 is 1.62 bits per heavy atom. The fourth-order valence-electron chi connectivity index (χ4n) is 1.04. The molecule has 0 aromatic carbocycles. The minimum absolute atomic E-state index is 0.399. The fraction of sp³-hybridized carbons (Fsp3) is 0.700. The third kappa shape index (κ3) is 6.34. The topological polar surface area (TPSA) is 49.3 Å². The maximum Gasteiger partial charge on any atom is 0.330 e. The highest BCUT2D eigenvalue weighted by molar-refractivity contribution is 5.85. The molecule has 0 saturated carbocycles. The van der Waals surface area contributed by atoms with Crippen molar-refractivity contribution >= 4 is 5.97 Å². The number of aliphatic carboxylic acids is 1. The molecule has 0 rings (SSSR count). The van der Waals surface area contributed by atoms with Crippen LogP contribution in [0.25, 0.3) is 0 Å². The van der Waals surface area contributed by atoms with E-state index < -0.39 is 5.97 Å². The zero-order valence-electron chi connectivity index (χ0n) is 8.63. The molecule has 76 valence electrons. The van der Waals surface area contributed by atoms with Crippen LogP contribution in [0.15, 0.2) is 11.6 Å². The van der Waals surface area contributed by atoms with Crippen molar-refractivity contribution in [3.63, 3.8) is 0 Å². The Morgan fingerprint density at radius 3 is 2.69 bits per heavy atom. The second kappa shape index (κ2) is 6.66. The van der Waals surface area contributed by atoms with Gasteiger partial charge in [-0.05, 0) is 20.3 Å². The summed E-state index contributed by atoms with van der Waals surface area (Å²) in [6.07, 6.45) is 3.98. The average Bonchev–Trinajstić information content (AvgIpc) is 2.04. The van der Waals surface area contributed by atoms with E-state index in [0.717, 1.165) is 12.8 Å². The molecule has 13 heavy (non-hydrogen) atoms. The van der Waals surface area contributed by atoms with Crippen molar-refractivity contribution in [3.8, 4) is 0 Å². The van der Waals surface area contributed by atoms with Crippen LogP contribution in [0.2, 0.25) is 0 Å². The van der Waals surface area contributed by atoms with Gasteiger partial charge in [0, 0.05) is 18.2 Å². The van der Waals surface area contributed by atoms with Gasteiger partial charge in [0.25, 0.3) is 0 Å². The van der Waals surface area contributed by atoms with E-state index in [9.17, 15) is 4.79 Å². The molecule has 0 heterocycles. The summed E-state index contributed by atoms with van der Waals surface area (Å²) in [7, 11) is 0. The molecule has 0 saturated heterocycles. The lowest BCUT2D eigenvalue weighted by Crippen LogP contribution is -2.26. The molecule has 0 aliphatic rings. The molecule has 0 aliphatic carbocycles. The number of carbonyl (C=O) groups is 1. The maximum absolute atomic E-state index is 10.4. The van der Waals surface area contributed by atoms with Gasteiger partial charge in [-0.3, -0.25) is 0 Å². The van der Waals surface area contributed by atoms with Crippen molar-refractivity contribution in [2.24, 2.45) is 0 Å². The van der Waals surface area contributed by atoms with Crippen molar-refractivity contribution in [1.82, 2.24) is 5.32 Å². The van der Waals surface area contributed by atoms with Gasteiger partial charge in [0.2, 0.25) is 0 Å².